The SMILES string of the molecule is O=[C]N1CCc2ccccc2[C@@H]1c1ccc(F)cc1. The highest BCUT2D eigenvalue weighted by atomic mass is 19.1. The third kappa shape index (κ3) is 2.12. The first-order valence-electron chi connectivity index (χ1n) is 6.27. The monoisotopic (exact) mass is 254 g/mol. The van der Waals surface area contributed by atoms with Crippen LogP contribution in [-0.4, -0.2) is 17.9 Å². The molecule has 1 atom stereocenters. The molecule has 0 fully saturated rings. The third-order valence-corrected chi connectivity index (χ3v) is 3.59. The van der Waals surface area contributed by atoms with Crippen LogP contribution >= 0.6 is 0 Å². The van der Waals surface area contributed by atoms with E-state index in [0.29, 0.717) is 6.54 Å². The summed E-state index contributed by atoms with van der Waals surface area (Å²) in [6.07, 6.45) is 2.83. The lowest BCUT2D eigenvalue weighted by molar-refractivity contribution is 0.315. The predicted octanol–water partition coefficient (Wildman–Crippen LogP) is 2.84. The molecule has 1 aliphatic heterocycles. The molecule has 3 heteroatoms. The second-order valence-electron chi connectivity index (χ2n) is 4.69. The molecule has 0 N–H and O–H groups in total. The fourth-order valence-electron chi connectivity index (χ4n) is 2.67. The summed E-state index contributed by atoms with van der Waals surface area (Å²) in [6, 6.07) is 14.2. The highest BCUT2D eigenvalue weighted by Crippen LogP contribution is 2.33. The van der Waals surface area contributed by atoms with Crippen LogP contribution in [0.15, 0.2) is 48.5 Å². The van der Waals surface area contributed by atoms with Gasteiger partial charge in [-0.2, -0.15) is 0 Å². The first kappa shape index (κ1) is 11.9. The van der Waals surface area contributed by atoms with Crippen LogP contribution in [0.4, 0.5) is 4.39 Å². The van der Waals surface area contributed by atoms with Gasteiger partial charge in [-0.3, -0.25) is 4.79 Å². The summed E-state index contributed by atoms with van der Waals surface area (Å²) in [6.45, 7) is 0.641. The largest absolute Gasteiger partial charge is 0.323 e. The van der Waals surface area contributed by atoms with E-state index in [1.54, 1.807) is 17.0 Å². The molecule has 1 aliphatic rings. The normalized spacial score (nSPS) is 17.9. The Bertz CT molecular complexity index is 594. The van der Waals surface area contributed by atoms with E-state index in [1.165, 1.54) is 17.7 Å². The van der Waals surface area contributed by atoms with Gasteiger partial charge in [-0.15, -0.1) is 0 Å². The Morgan fingerprint density at radius 1 is 1.11 bits per heavy atom. The number of amides is 1. The van der Waals surface area contributed by atoms with Crippen LogP contribution in [0.5, 0.6) is 0 Å². The summed E-state index contributed by atoms with van der Waals surface area (Å²) in [5, 5.41) is 0. The summed E-state index contributed by atoms with van der Waals surface area (Å²) >= 11 is 0. The van der Waals surface area contributed by atoms with Crippen LogP contribution in [0.1, 0.15) is 22.7 Å². The molecule has 3 rings (SSSR count). The summed E-state index contributed by atoms with van der Waals surface area (Å²) in [5.74, 6) is -0.269. The number of nitrogens with zero attached hydrogens (tertiary/aromatic N) is 1. The van der Waals surface area contributed by atoms with Gasteiger partial charge in [-0.25, -0.2) is 4.39 Å². The maximum Gasteiger partial charge on any atom is 0.312 e. The standard InChI is InChI=1S/C16H13FNO/c17-14-7-5-13(6-8-14)16-15-4-2-1-3-12(15)9-10-18(16)11-19/h1-8,16H,9-10H2/t16-/m0/s1. The maximum atomic E-state index is 13.0. The molecule has 2 nitrogen and oxygen atoms in total. The van der Waals surface area contributed by atoms with E-state index in [4.69, 9.17) is 0 Å². The van der Waals surface area contributed by atoms with Crippen molar-refractivity contribution < 1.29 is 9.18 Å². The number of hydrogen-bond acceptors (Lipinski definition) is 1. The quantitative estimate of drug-likeness (QED) is 0.807. The molecule has 2 aromatic carbocycles. The molecular weight excluding hydrogens is 241 g/mol. The second-order valence-corrected chi connectivity index (χ2v) is 4.69. The number of benzene rings is 2. The molecule has 1 radical (unpaired) electrons. The Hall–Kier alpha value is -2.16. The van der Waals surface area contributed by atoms with Crippen molar-refractivity contribution in [2.45, 2.75) is 12.5 Å². The van der Waals surface area contributed by atoms with E-state index in [0.717, 1.165) is 17.5 Å². The van der Waals surface area contributed by atoms with E-state index in [1.807, 2.05) is 24.6 Å². The van der Waals surface area contributed by atoms with Crippen molar-refractivity contribution in [3.8, 4) is 0 Å². The first-order valence-corrected chi connectivity index (χ1v) is 6.27. The topological polar surface area (TPSA) is 20.3 Å². The van der Waals surface area contributed by atoms with E-state index in [2.05, 4.69) is 6.07 Å². The van der Waals surface area contributed by atoms with Gasteiger partial charge in [0.05, 0.1) is 6.04 Å². The van der Waals surface area contributed by atoms with Crippen LogP contribution in [0, 0.1) is 5.82 Å². The molecule has 1 amide bonds. The van der Waals surface area contributed by atoms with E-state index in [-0.39, 0.29) is 11.9 Å². The van der Waals surface area contributed by atoms with Crippen LogP contribution < -0.4 is 0 Å². The molecule has 19 heavy (non-hydrogen) atoms. The van der Waals surface area contributed by atoms with Gasteiger partial charge in [0.2, 0.25) is 0 Å². The van der Waals surface area contributed by atoms with Crippen molar-refractivity contribution in [1.82, 2.24) is 4.90 Å². The van der Waals surface area contributed by atoms with Gasteiger partial charge in [0.15, 0.2) is 0 Å². The van der Waals surface area contributed by atoms with Crippen LogP contribution in [0.3, 0.4) is 0 Å². The van der Waals surface area contributed by atoms with Gasteiger partial charge in [0.1, 0.15) is 5.82 Å². The lowest BCUT2D eigenvalue weighted by atomic mass is 9.88. The van der Waals surface area contributed by atoms with Crippen molar-refractivity contribution in [2.75, 3.05) is 6.54 Å². The molecule has 0 saturated heterocycles. The van der Waals surface area contributed by atoms with Crippen molar-refractivity contribution >= 4 is 6.41 Å². The Balaban J connectivity index is 2.10. The predicted molar refractivity (Wildman–Crippen MR) is 70.8 cm³/mol. The molecule has 95 valence electrons. The van der Waals surface area contributed by atoms with Gasteiger partial charge >= 0.3 is 6.41 Å². The van der Waals surface area contributed by atoms with Gasteiger partial charge < -0.3 is 4.90 Å². The molecular formula is C16H13FNO. The van der Waals surface area contributed by atoms with Gasteiger partial charge in [0.25, 0.3) is 0 Å². The van der Waals surface area contributed by atoms with Crippen LogP contribution in [0.25, 0.3) is 0 Å². The van der Waals surface area contributed by atoms with E-state index < -0.39 is 0 Å². The van der Waals surface area contributed by atoms with Gasteiger partial charge in [0, 0.05) is 6.54 Å². The Kier molecular flexibility index (Phi) is 3.03. The molecule has 0 aliphatic carbocycles. The number of fused-ring (bicyclic) bond motifs is 1. The Labute approximate surface area is 111 Å². The molecule has 0 saturated carbocycles. The fraction of sp³-hybridized carbons (Fsp3) is 0.188. The number of rotatable bonds is 2. The summed E-state index contributed by atoms with van der Waals surface area (Å²) in [5.41, 5.74) is 3.25. The minimum atomic E-state index is -0.269. The van der Waals surface area contributed by atoms with Crippen LogP contribution in [-0.2, 0) is 11.2 Å². The molecule has 0 aromatic heterocycles. The maximum absolute atomic E-state index is 13.0. The van der Waals surface area contributed by atoms with Gasteiger partial charge in [-0.05, 0) is 35.2 Å². The first-order chi connectivity index (χ1) is 9.29. The summed E-state index contributed by atoms with van der Waals surface area (Å²) in [7, 11) is 0. The molecule has 1 heterocycles. The lowest BCUT2D eigenvalue weighted by Crippen LogP contribution is -2.34. The average molecular weight is 254 g/mol. The zero-order valence-electron chi connectivity index (χ0n) is 10.3. The number of hydrogen-bond donors (Lipinski definition) is 0. The molecule has 0 spiro atoms. The zero-order valence-corrected chi connectivity index (χ0v) is 10.3. The second kappa shape index (κ2) is 4.84. The number of halogens is 1. The highest BCUT2D eigenvalue weighted by molar-refractivity contribution is 5.54. The highest BCUT2D eigenvalue weighted by Gasteiger charge is 2.27. The van der Waals surface area contributed by atoms with Crippen molar-refractivity contribution in [2.24, 2.45) is 0 Å². The molecule has 0 unspecified atom stereocenters. The average Bonchev–Trinajstić information content (AvgIpc) is 2.47. The third-order valence-electron chi connectivity index (χ3n) is 3.59. The Morgan fingerprint density at radius 3 is 2.58 bits per heavy atom. The summed E-state index contributed by atoms with van der Waals surface area (Å²) in [4.78, 5) is 12.8. The Morgan fingerprint density at radius 2 is 1.84 bits per heavy atom. The van der Waals surface area contributed by atoms with Gasteiger partial charge in [-0.1, -0.05) is 36.4 Å². The van der Waals surface area contributed by atoms with Crippen molar-refractivity contribution in [3.05, 3.63) is 71.0 Å². The van der Waals surface area contributed by atoms with Crippen molar-refractivity contribution in [3.63, 3.8) is 0 Å². The summed E-state index contributed by atoms with van der Waals surface area (Å²) < 4.78 is 13.0. The van der Waals surface area contributed by atoms with E-state index in [9.17, 15) is 9.18 Å². The van der Waals surface area contributed by atoms with E-state index >= 15 is 0 Å². The van der Waals surface area contributed by atoms with Crippen LogP contribution in [0.2, 0.25) is 0 Å². The molecule has 0 bridgehead atoms. The minimum Gasteiger partial charge on any atom is -0.323 e. The lowest BCUT2D eigenvalue weighted by Gasteiger charge is -2.34. The zero-order chi connectivity index (χ0) is 13.2. The smallest absolute Gasteiger partial charge is 0.312 e. The minimum absolute atomic E-state index is 0.164. The number of carbonyl (C=O) groups excluding carboxylic acids is 1. The molecule has 2 aromatic rings. The van der Waals surface area contributed by atoms with Crippen molar-refractivity contribution in [1.29, 1.82) is 0 Å². The fourth-order valence-corrected chi connectivity index (χ4v) is 2.67.